The SMILES string of the molecule is CNCC1CCN(C(=O)c2cccc(OCC3CCCO3)c2)CC1. The van der Waals surface area contributed by atoms with Crippen molar-refractivity contribution in [3.63, 3.8) is 0 Å². The lowest BCUT2D eigenvalue weighted by atomic mass is 9.96. The van der Waals surface area contributed by atoms with Crippen molar-refractivity contribution in [3.05, 3.63) is 29.8 Å². The Morgan fingerprint density at radius 1 is 1.33 bits per heavy atom. The van der Waals surface area contributed by atoms with Gasteiger partial charge in [-0.05, 0) is 63.4 Å². The van der Waals surface area contributed by atoms with Crippen LogP contribution in [0.2, 0.25) is 0 Å². The first-order chi connectivity index (χ1) is 11.8. The van der Waals surface area contributed by atoms with Crippen LogP contribution in [0.1, 0.15) is 36.0 Å². The van der Waals surface area contributed by atoms with E-state index in [-0.39, 0.29) is 12.0 Å². The molecule has 5 heteroatoms. The van der Waals surface area contributed by atoms with Gasteiger partial charge in [0.1, 0.15) is 12.4 Å². The fraction of sp³-hybridized carbons (Fsp3) is 0.632. The van der Waals surface area contributed by atoms with Gasteiger partial charge in [0.25, 0.3) is 5.91 Å². The summed E-state index contributed by atoms with van der Waals surface area (Å²) in [6.45, 7) is 4.11. The number of amides is 1. The highest BCUT2D eigenvalue weighted by molar-refractivity contribution is 5.94. The van der Waals surface area contributed by atoms with E-state index in [0.717, 1.165) is 57.7 Å². The molecule has 5 nitrogen and oxygen atoms in total. The van der Waals surface area contributed by atoms with Gasteiger partial charge in [-0.2, -0.15) is 0 Å². The normalized spacial score (nSPS) is 21.9. The molecule has 1 aromatic rings. The van der Waals surface area contributed by atoms with Crippen LogP contribution in [-0.2, 0) is 4.74 Å². The van der Waals surface area contributed by atoms with Crippen molar-refractivity contribution in [1.29, 1.82) is 0 Å². The van der Waals surface area contributed by atoms with E-state index in [2.05, 4.69) is 5.32 Å². The highest BCUT2D eigenvalue weighted by Gasteiger charge is 2.23. The van der Waals surface area contributed by atoms with Crippen molar-refractivity contribution in [2.24, 2.45) is 5.92 Å². The topological polar surface area (TPSA) is 50.8 Å². The fourth-order valence-corrected chi connectivity index (χ4v) is 3.50. The Bertz CT molecular complexity index is 535. The van der Waals surface area contributed by atoms with Crippen LogP contribution in [0, 0.1) is 5.92 Å². The molecular formula is C19H28N2O3. The lowest BCUT2D eigenvalue weighted by Crippen LogP contribution is -2.40. The van der Waals surface area contributed by atoms with Gasteiger partial charge in [-0.1, -0.05) is 6.07 Å². The summed E-state index contributed by atoms with van der Waals surface area (Å²) < 4.78 is 11.4. The molecule has 2 aliphatic heterocycles. The minimum absolute atomic E-state index is 0.112. The number of piperidine rings is 1. The number of rotatable bonds is 6. The Kier molecular flexibility index (Phi) is 6.10. The van der Waals surface area contributed by atoms with E-state index >= 15 is 0 Å². The van der Waals surface area contributed by atoms with Gasteiger partial charge in [0.15, 0.2) is 0 Å². The number of hydrogen-bond acceptors (Lipinski definition) is 4. The molecule has 0 saturated carbocycles. The maximum absolute atomic E-state index is 12.7. The van der Waals surface area contributed by atoms with E-state index in [1.807, 2.05) is 36.2 Å². The fourth-order valence-electron chi connectivity index (χ4n) is 3.50. The van der Waals surface area contributed by atoms with E-state index in [9.17, 15) is 4.79 Å². The lowest BCUT2D eigenvalue weighted by Gasteiger charge is -2.32. The highest BCUT2D eigenvalue weighted by atomic mass is 16.5. The number of benzene rings is 1. The van der Waals surface area contributed by atoms with E-state index in [1.54, 1.807) is 0 Å². The quantitative estimate of drug-likeness (QED) is 0.868. The average Bonchev–Trinajstić information content (AvgIpc) is 3.14. The van der Waals surface area contributed by atoms with Crippen LogP contribution >= 0.6 is 0 Å². The van der Waals surface area contributed by atoms with E-state index in [4.69, 9.17) is 9.47 Å². The van der Waals surface area contributed by atoms with Crippen molar-refractivity contribution in [2.75, 3.05) is 39.9 Å². The predicted octanol–water partition coefficient (Wildman–Crippen LogP) is 2.32. The van der Waals surface area contributed by atoms with E-state index in [1.165, 1.54) is 0 Å². The molecule has 1 atom stereocenters. The summed E-state index contributed by atoms with van der Waals surface area (Å²) in [5.41, 5.74) is 0.715. The molecule has 0 spiro atoms. The first-order valence-corrected chi connectivity index (χ1v) is 9.04. The summed E-state index contributed by atoms with van der Waals surface area (Å²) in [5.74, 6) is 1.54. The third-order valence-electron chi connectivity index (χ3n) is 4.94. The summed E-state index contributed by atoms with van der Waals surface area (Å²) in [4.78, 5) is 14.7. The third-order valence-corrected chi connectivity index (χ3v) is 4.94. The van der Waals surface area contributed by atoms with Gasteiger partial charge in [0.2, 0.25) is 0 Å². The van der Waals surface area contributed by atoms with Gasteiger partial charge in [-0.25, -0.2) is 0 Å². The largest absolute Gasteiger partial charge is 0.491 e. The van der Waals surface area contributed by atoms with Crippen LogP contribution in [0.3, 0.4) is 0 Å². The zero-order valence-corrected chi connectivity index (χ0v) is 14.5. The Morgan fingerprint density at radius 2 is 2.17 bits per heavy atom. The molecule has 0 bridgehead atoms. The van der Waals surface area contributed by atoms with E-state index in [0.29, 0.717) is 18.1 Å². The van der Waals surface area contributed by atoms with Gasteiger partial charge >= 0.3 is 0 Å². The molecule has 0 aromatic heterocycles. The molecule has 2 saturated heterocycles. The molecule has 2 heterocycles. The minimum atomic E-state index is 0.112. The molecule has 2 fully saturated rings. The number of hydrogen-bond donors (Lipinski definition) is 1. The van der Waals surface area contributed by atoms with Gasteiger partial charge in [-0.15, -0.1) is 0 Å². The van der Waals surface area contributed by atoms with Gasteiger partial charge in [0, 0.05) is 25.3 Å². The number of nitrogens with zero attached hydrogens (tertiary/aromatic N) is 1. The highest BCUT2D eigenvalue weighted by Crippen LogP contribution is 2.21. The zero-order chi connectivity index (χ0) is 16.8. The molecule has 2 aliphatic rings. The maximum atomic E-state index is 12.7. The van der Waals surface area contributed by atoms with Crippen molar-refractivity contribution < 1.29 is 14.3 Å². The Morgan fingerprint density at radius 3 is 2.88 bits per heavy atom. The molecule has 24 heavy (non-hydrogen) atoms. The Hall–Kier alpha value is -1.59. The molecule has 1 amide bonds. The second-order valence-corrected chi connectivity index (χ2v) is 6.77. The number of nitrogens with one attached hydrogen (secondary N) is 1. The van der Waals surface area contributed by atoms with Crippen molar-refractivity contribution in [3.8, 4) is 5.75 Å². The Labute approximate surface area is 144 Å². The first-order valence-electron chi connectivity index (χ1n) is 9.04. The van der Waals surface area contributed by atoms with Gasteiger partial charge in [-0.3, -0.25) is 4.79 Å². The number of ether oxygens (including phenoxy) is 2. The monoisotopic (exact) mass is 332 g/mol. The van der Waals surface area contributed by atoms with Gasteiger partial charge < -0.3 is 19.7 Å². The minimum Gasteiger partial charge on any atom is -0.491 e. The average molecular weight is 332 g/mol. The summed E-state index contributed by atoms with van der Waals surface area (Å²) in [5, 5.41) is 3.23. The maximum Gasteiger partial charge on any atom is 0.253 e. The summed E-state index contributed by atoms with van der Waals surface area (Å²) >= 11 is 0. The predicted molar refractivity (Wildman–Crippen MR) is 93.5 cm³/mol. The third kappa shape index (κ3) is 4.48. The molecule has 1 aromatic carbocycles. The molecular weight excluding hydrogens is 304 g/mol. The van der Waals surface area contributed by atoms with Crippen LogP contribution in [-0.4, -0.2) is 56.8 Å². The summed E-state index contributed by atoms with van der Waals surface area (Å²) in [6.07, 6.45) is 4.50. The molecule has 0 radical (unpaired) electrons. The molecule has 132 valence electrons. The second kappa shape index (κ2) is 8.49. The second-order valence-electron chi connectivity index (χ2n) is 6.77. The Balaban J connectivity index is 1.54. The molecule has 3 rings (SSSR count). The van der Waals surface area contributed by atoms with Crippen LogP contribution in [0.25, 0.3) is 0 Å². The van der Waals surface area contributed by atoms with Crippen molar-refractivity contribution in [1.82, 2.24) is 10.2 Å². The number of likely N-dealkylation sites (tertiary alicyclic amines) is 1. The zero-order valence-electron chi connectivity index (χ0n) is 14.5. The van der Waals surface area contributed by atoms with E-state index < -0.39 is 0 Å². The van der Waals surface area contributed by atoms with Crippen molar-refractivity contribution in [2.45, 2.75) is 31.8 Å². The number of carbonyl (C=O) groups excluding carboxylic acids is 1. The van der Waals surface area contributed by atoms with Crippen LogP contribution in [0.5, 0.6) is 5.75 Å². The molecule has 0 aliphatic carbocycles. The lowest BCUT2D eigenvalue weighted by molar-refractivity contribution is 0.0670. The first kappa shape index (κ1) is 17.2. The van der Waals surface area contributed by atoms with Crippen LogP contribution in [0.4, 0.5) is 0 Å². The van der Waals surface area contributed by atoms with Crippen LogP contribution in [0.15, 0.2) is 24.3 Å². The summed E-state index contributed by atoms with van der Waals surface area (Å²) in [6, 6.07) is 7.54. The molecule has 1 N–H and O–H groups in total. The standard InChI is InChI=1S/C19H28N2O3/c1-20-13-15-7-9-21(10-8-15)19(22)16-4-2-5-17(12-16)24-14-18-6-3-11-23-18/h2,4-5,12,15,18,20H,3,6-11,13-14H2,1H3. The van der Waals surface area contributed by atoms with Crippen LogP contribution < -0.4 is 10.1 Å². The smallest absolute Gasteiger partial charge is 0.253 e. The van der Waals surface area contributed by atoms with Crippen molar-refractivity contribution >= 4 is 5.91 Å². The number of carbonyl (C=O) groups is 1. The molecule has 1 unspecified atom stereocenters. The van der Waals surface area contributed by atoms with Gasteiger partial charge in [0.05, 0.1) is 6.10 Å². The summed E-state index contributed by atoms with van der Waals surface area (Å²) in [7, 11) is 1.99.